The van der Waals surface area contributed by atoms with Crippen LogP contribution in [0.3, 0.4) is 0 Å². The highest BCUT2D eigenvalue weighted by Gasteiger charge is 2.17. The van der Waals surface area contributed by atoms with Crippen LogP contribution in [-0.4, -0.2) is 13.6 Å². The number of ether oxygens (including phenoxy) is 1. The minimum absolute atomic E-state index is 0.188. The summed E-state index contributed by atoms with van der Waals surface area (Å²) in [7, 11) is -3.53. The summed E-state index contributed by atoms with van der Waals surface area (Å²) in [6, 6.07) is 11.0. The quantitative estimate of drug-likeness (QED) is 0.545. The maximum absolute atomic E-state index is 12.6. The van der Waals surface area contributed by atoms with Gasteiger partial charge in [-0.15, -0.1) is 0 Å². The fourth-order valence-corrected chi connectivity index (χ4v) is 4.50. The van der Waals surface area contributed by atoms with Crippen LogP contribution in [0.1, 0.15) is 22.6 Å². The van der Waals surface area contributed by atoms with Gasteiger partial charge in [-0.1, -0.05) is 28.4 Å². The second-order valence-electron chi connectivity index (χ2n) is 6.10. The monoisotopic (exact) mass is 425 g/mol. The lowest BCUT2D eigenvalue weighted by atomic mass is 10.2. The van der Waals surface area contributed by atoms with Crippen molar-refractivity contribution in [3.8, 4) is 5.75 Å². The fraction of sp³-hybridized carbons (Fsp3) is 0.211. The van der Waals surface area contributed by atoms with Crippen molar-refractivity contribution in [3.63, 3.8) is 0 Å². The number of nitrogens with zero attached hydrogens (tertiary/aromatic N) is 1. The molecule has 0 saturated heterocycles. The van der Waals surface area contributed by atoms with Gasteiger partial charge in [0.15, 0.2) is 9.84 Å². The largest absolute Gasteiger partial charge is 0.489 e. The highest BCUT2D eigenvalue weighted by molar-refractivity contribution is 7.90. The van der Waals surface area contributed by atoms with Crippen LogP contribution >= 0.6 is 23.2 Å². The van der Waals surface area contributed by atoms with E-state index in [9.17, 15) is 8.42 Å². The Labute approximate surface area is 167 Å². The SMILES string of the molecule is Cc1noc(C)c1COc1ccc(S(=O)(=O)Cc2cc(Cl)cc(Cl)c2)cc1. The first kappa shape index (κ1) is 19.7. The zero-order valence-corrected chi connectivity index (χ0v) is 17.0. The van der Waals surface area contributed by atoms with Crippen LogP contribution in [0.2, 0.25) is 10.0 Å². The number of halogens is 2. The molecule has 0 spiro atoms. The molecule has 0 fully saturated rings. The molecule has 0 saturated carbocycles. The minimum atomic E-state index is -3.53. The fourth-order valence-electron chi connectivity index (χ4n) is 2.60. The zero-order valence-electron chi connectivity index (χ0n) is 14.7. The smallest absolute Gasteiger partial charge is 0.182 e. The summed E-state index contributed by atoms with van der Waals surface area (Å²) in [6.07, 6.45) is 0. The van der Waals surface area contributed by atoms with Gasteiger partial charge in [-0.25, -0.2) is 8.42 Å². The third-order valence-corrected chi connectivity index (χ3v) is 6.17. The third kappa shape index (κ3) is 4.83. The van der Waals surface area contributed by atoms with Crippen molar-refractivity contribution in [2.24, 2.45) is 0 Å². The number of sulfone groups is 1. The minimum Gasteiger partial charge on any atom is -0.489 e. The van der Waals surface area contributed by atoms with Gasteiger partial charge in [0.2, 0.25) is 0 Å². The molecule has 0 amide bonds. The summed E-state index contributed by atoms with van der Waals surface area (Å²) < 4.78 is 36.0. The second-order valence-corrected chi connectivity index (χ2v) is 8.96. The van der Waals surface area contributed by atoms with Crippen molar-refractivity contribution in [3.05, 3.63) is 75.1 Å². The molecule has 3 rings (SSSR count). The number of hydrogen-bond donors (Lipinski definition) is 0. The van der Waals surface area contributed by atoms with Crippen LogP contribution in [0.4, 0.5) is 0 Å². The van der Waals surface area contributed by atoms with Gasteiger partial charge in [-0.05, 0) is 61.9 Å². The average Bonchev–Trinajstić information content (AvgIpc) is 2.90. The van der Waals surface area contributed by atoms with E-state index in [1.165, 1.54) is 12.1 Å². The van der Waals surface area contributed by atoms with E-state index in [1.807, 2.05) is 13.8 Å². The molecular formula is C19H17Cl2NO4S. The van der Waals surface area contributed by atoms with Crippen molar-refractivity contribution >= 4 is 33.0 Å². The summed E-state index contributed by atoms with van der Waals surface area (Å²) >= 11 is 11.9. The Bertz CT molecular complexity index is 1020. The van der Waals surface area contributed by atoms with E-state index in [0.29, 0.717) is 33.7 Å². The Morgan fingerprint density at radius 3 is 2.22 bits per heavy atom. The number of hydrogen-bond acceptors (Lipinski definition) is 5. The molecule has 0 aliphatic rings. The van der Waals surface area contributed by atoms with Crippen molar-refractivity contribution in [1.82, 2.24) is 5.16 Å². The molecule has 0 N–H and O–H groups in total. The predicted octanol–water partition coefficient (Wildman–Crippen LogP) is 5.15. The normalized spacial score (nSPS) is 11.6. The molecule has 0 atom stereocenters. The Morgan fingerprint density at radius 2 is 1.67 bits per heavy atom. The molecule has 1 heterocycles. The standard InChI is InChI=1S/C19H17Cl2NO4S/c1-12-19(13(2)26-22-12)10-25-17-3-5-18(6-4-17)27(23,24)11-14-7-15(20)9-16(21)8-14/h3-9H,10-11H2,1-2H3. The lowest BCUT2D eigenvalue weighted by Gasteiger charge is -2.09. The number of benzene rings is 2. The third-order valence-electron chi connectivity index (χ3n) is 4.03. The van der Waals surface area contributed by atoms with Gasteiger partial charge in [0.1, 0.15) is 18.1 Å². The molecule has 1 aromatic heterocycles. The highest BCUT2D eigenvalue weighted by Crippen LogP contribution is 2.25. The lowest BCUT2D eigenvalue weighted by molar-refractivity contribution is 0.301. The number of rotatable bonds is 6. The van der Waals surface area contributed by atoms with E-state index < -0.39 is 9.84 Å². The van der Waals surface area contributed by atoms with E-state index in [1.54, 1.807) is 30.3 Å². The molecule has 5 nitrogen and oxygen atoms in total. The van der Waals surface area contributed by atoms with Gasteiger partial charge < -0.3 is 9.26 Å². The Kier molecular flexibility index (Phi) is 5.79. The van der Waals surface area contributed by atoms with Gasteiger partial charge in [0.25, 0.3) is 0 Å². The van der Waals surface area contributed by atoms with Crippen molar-refractivity contribution in [1.29, 1.82) is 0 Å². The molecule has 3 aromatic rings. The van der Waals surface area contributed by atoms with Gasteiger partial charge in [-0.2, -0.15) is 0 Å². The highest BCUT2D eigenvalue weighted by atomic mass is 35.5. The second kappa shape index (κ2) is 7.92. The van der Waals surface area contributed by atoms with Crippen molar-refractivity contribution < 1.29 is 17.7 Å². The Morgan fingerprint density at radius 1 is 1.04 bits per heavy atom. The van der Waals surface area contributed by atoms with E-state index >= 15 is 0 Å². The van der Waals surface area contributed by atoms with Crippen LogP contribution in [-0.2, 0) is 22.2 Å². The summed E-state index contributed by atoms with van der Waals surface area (Å²) in [6.45, 7) is 3.96. The maximum atomic E-state index is 12.6. The molecular weight excluding hydrogens is 409 g/mol. The van der Waals surface area contributed by atoms with Gasteiger partial charge in [0, 0.05) is 10.0 Å². The molecule has 0 bridgehead atoms. The molecule has 142 valence electrons. The van der Waals surface area contributed by atoms with Crippen LogP contribution < -0.4 is 4.74 Å². The molecule has 0 radical (unpaired) electrons. The molecule has 8 heteroatoms. The molecule has 0 aliphatic carbocycles. The summed E-state index contributed by atoms with van der Waals surface area (Å²) in [5, 5.41) is 4.67. The summed E-state index contributed by atoms with van der Waals surface area (Å²) in [5.74, 6) is 1.07. The molecule has 0 unspecified atom stereocenters. The molecule has 0 aliphatic heterocycles. The molecule has 27 heavy (non-hydrogen) atoms. The molecule has 2 aromatic carbocycles. The van der Waals surface area contributed by atoms with Crippen LogP contribution in [0.15, 0.2) is 51.9 Å². The van der Waals surface area contributed by atoms with Gasteiger partial charge >= 0.3 is 0 Å². The van der Waals surface area contributed by atoms with Crippen LogP contribution in [0, 0.1) is 13.8 Å². The van der Waals surface area contributed by atoms with Gasteiger partial charge in [-0.3, -0.25) is 0 Å². The van der Waals surface area contributed by atoms with Gasteiger partial charge in [0.05, 0.1) is 21.9 Å². The summed E-state index contributed by atoms with van der Waals surface area (Å²) in [5.41, 5.74) is 2.18. The first-order chi connectivity index (χ1) is 12.7. The maximum Gasteiger partial charge on any atom is 0.182 e. The van der Waals surface area contributed by atoms with Crippen molar-refractivity contribution in [2.75, 3.05) is 0 Å². The zero-order chi connectivity index (χ0) is 19.6. The van der Waals surface area contributed by atoms with E-state index in [0.717, 1.165) is 11.3 Å². The Hall–Kier alpha value is -2.02. The number of aromatic nitrogens is 1. The van der Waals surface area contributed by atoms with E-state index in [2.05, 4.69) is 5.16 Å². The number of aryl methyl sites for hydroxylation is 2. The van der Waals surface area contributed by atoms with E-state index in [4.69, 9.17) is 32.5 Å². The first-order valence-corrected chi connectivity index (χ1v) is 10.5. The first-order valence-electron chi connectivity index (χ1n) is 8.07. The topological polar surface area (TPSA) is 69.4 Å². The Balaban J connectivity index is 1.72. The average molecular weight is 426 g/mol. The predicted molar refractivity (Wildman–Crippen MR) is 104 cm³/mol. The van der Waals surface area contributed by atoms with Crippen molar-refractivity contribution in [2.45, 2.75) is 31.1 Å². The lowest BCUT2D eigenvalue weighted by Crippen LogP contribution is -2.05. The summed E-state index contributed by atoms with van der Waals surface area (Å²) in [4.78, 5) is 0.197. The van der Waals surface area contributed by atoms with E-state index in [-0.39, 0.29) is 10.6 Å². The van der Waals surface area contributed by atoms with Crippen LogP contribution in [0.25, 0.3) is 0 Å². The van der Waals surface area contributed by atoms with Crippen LogP contribution in [0.5, 0.6) is 5.75 Å².